The van der Waals surface area contributed by atoms with Crippen molar-refractivity contribution in [2.24, 2.45) is 0 Å². The molecule has 1 fully saturated rings. The third-order valence-electron chi connectivity index (χ3n) is 5.02. The number of nitrogens with one attached hydrogen (secondary N) is 2. The third-order valence-corrected chi connectivity index (χ3v) is 5.02. The summed E-state index contributed by atoms with van der Waals surface area (Å²) in [6.07, 6.45) is 3.68. The van der Waals surface area contributed by atoms with E-state index in [1.165, 1.54) is 19.3 Å². The van der Waals surface area contributed by atoms with Crippen molar-refractivity contribution in [3.63, 3.8) is 0 Å². The topological polar surface area (TPSA) is 96.2 Å². The van der Waals surface area contributed by atoms with Crippen LogP contribution < -0.4 is 15.5 Å². The summed E-state index contributed by atoms with van der Waals surface area (Å²) >= 11 is 0. The van der Waals surface area contributed by atoms with Crippen molar-refractivity contribution in [1.29, 1.82) is 0 Å². The Hall–Kier alpha value is -3.42. The largest absolute Gasteiger partial charge is 0.356 e. The molecule has 8 nitrogen and oxygen atoms in total. The van der Waals surface area contributed by atoms with E-state index in [1.807, 2.05) is 43.3 Å². The van der Waals surface area contributed by atoms with E-state index in [-0.39, 0.29) is 11.6 Å². The molecule has 0 spiro atoms. The molecule has 1 aliphatic heterocycles. The number of piperidine rings is 1. The van der Waals surface area contributed by atoms with Crippen molar-refractivity contribution in [2.45, 2.75) is 26.2 Å². The maximum atomic E-state index is 12.3. The van der Waals surface area contributed by atoms with Crippen molar-refractivity contribution in [3.8, 4) is 11.3 Å². The second kappa shape index (κ2) is 9.39. The summed E-state index contributed by atoms with van der Waals surface area (Å²) in [7, 11) is 0. The molecule has 156 valence electrons. The molecule has 0 saturated carbocycles. The van der Waals surface area contributed by atoms with Crippen LogP contribution in [-0.4, -0.2) is 47.2 Å². The molecular formula is C22H26N6O2. The Bertz CT molecular complexity index is 982. The lowest BCUT2D eigenvalue weighted by Gasteiger charge is -2.28. The van der Waals surface area contributed by atoms with Gasteiger partial charge in [0.2, 0.25) is 5.95 Å². The molecule has 30 heavy (non-hydrogen) atoms. The highest BCUT2D eigenvalue weighted by Crippen LogP contribution is 2.20. The number of amides is 1. The van der Waals surface area contributed by atoms with Gasteiger partial charge < -0.3 is 20.1 Å². The molecule has 1 saturated heterocycles. The number of benzene rings is 1. The Morgan fingerprint density at radius 2 is 1.87 bits per heavy atom. The third kappa shape index (κ3) is 4.94. The standard InChI is InChI=1S/C22H26N6O2/c1-16-14-20(28-12-6-3-7-13-28)26-22(25-16)24-11-10-23-21(29)18-15-19(30-27-18)17-8-4-2-5-9-17/h2,4-5,8-9,14-15H,3,6-7,10-13H2,1H3,(H,23,29)(H,24,25,26). The van der Waals surface area contributed by atoms with Crippen LogP contribution in [0.2, 0.25) is 0 Å². The van der Waals surface area contributed by atoms with Gasteiger partial charge in [-0.05, 0) is 26.2 Å². The molecule has 3 aromatic rings. The fourth-order valence-corrected chi connectivity index (χ4v) is 3.48. The highest BCUT2D eigenvalue weighted by atomic mass is 16.5. The lowest BCUT2D eigenvalue weighted by Crippen LogP contribution is -2.31. The van der Waals surface area contributed by atoms with Crippen molar-refractivity contribution >= 4 is 17.7 Å². The maximum Gasteiger partial charge on any atom is 0.273 e. The molecule has 1 aliphatic rings. The van der Waals surface area contributed by atoms with Gasteiger partial charge in [0.15, 0.2) is 11.5 Å². The van der Waals surface area contributed by atoms with Crippen LogP contribution >= 0.6 is 0 Å². The van der Waals surface area contributed by atoms with E-state index < -0.39 is 0 Å². The first-order valence-corrected chi connectivity index (χ1v) is 10.3. The van der Waals surface area contributed by atoms with E-state index in [9.17, 15) is 4.79 Å². The van der Waals surface area contributed by atoms with Gasteiger partial charge in [0, 0.05) is 49.6 Å². The second-order valence-corrected chi connectivity index (χ2v) is 7.36. The highest BCUT2D eigenvalue weighted by molar-refractivity contribution is 5.93. The first kappa shape index (κ1) is 19.9. The number of aryl methyl sites for hydroxylation is 1. The second-order valence-electron chi connectivity index (χ2n) is 7.36. The number of hydrogen-bond acceptors (Lipinski definition) is 7. The Kier molecular flexibility index (Phi) is 6.22. The minimum Gasteiger partial charge on any atom is -0.356 e. The summed E-state index contributed by atoms with van der Waals surface area (Å²) in [5.74, 6) is 1.83. The van der Waals surface area contributed by atoms with E-state index in [0.717, 1.165) is 30.2 Å². The molecule has 2 aromatic heterocycles. The van der Waals surface area contributed by atoms with Gasteiger partial charge in [-0.2, -0.15) is 4.98 Å². The predicted molar refractivity (Wildman–Crippen MR) is 116 cm³/mol. The summed E-state index contributed by atoms with van der Waals surface area (Å²) in [6, 6.07) is 13.2. The first-order valence-electron chi connectivity index (χ1n) is 10.3. The van der Waals surface area contributed by atoms with Gasteiger partial charge in [0.25, 0.3) is 5.91 Å². The Morgan fingerprint density at radius 1 is 1.07 bits per heavy atom. The summed E-state index contributed by atoms with van der Waals surface area (Å²) in [5.41, 5.74) is 2.06. The number of anilines is 2. The predicted octanol–water partition coefficient (Wildman–Crippen LogP) is 3.27. The number of nitrogens with zero attached hydrogens (tertiary/aromatic N) is 4. The van der Waals surface area contributed by atoms with Crippen molar-refractivity contribution in [1.82, 2.24) is 20.4 Å². The van der Waals surface area contributed by atoms with E-state index in [2.05, 4.69) is 30.7 Å². The zero-order valence-electron chi connectivity index (χ0n) is 17.1. The van der Waals surface area contributed by atoms with Gasteiger partial charge in [0.1, 0.15) is 5.82 Å². The zero-order chi connectivity index (χ0) is 20.8. The van der Waals surface area contributed by atoms with Crippen LogP contribution in [0.4, 0.5) is 11.8 Å². The van der Waals surface area contributed by atoms with Crippen LogP contribution in [0.15, 0.2) is 47.0 Å². The number of carbonyl (C=O) groups is 1. The number of rotatable bonds is 7. The van der Waals surface area contributed by atoms with Crippen LogP contribution in [0.5, 0.6) is 0 Å². The summed E-state index contributed by atoms with van der Waals surface area (Å²) in [4.78, 5) is 23.7. The monoisotopic (exact) mass is 406 g/mol. The SMILES string of the molecule is Cc1cc(N2CCCCC2)nc(NCCNC(=O)c2cc(-c3ccccc3)on2)n1. The molecule has 2 N–H and O–H groups in total. The Morgan fingerprint density at radius 3 is 2.67 bits per heavy atom. The molecule has 1 amide bonds. The average molecular weight is 406 g/mol. The van der Waals surface area contributed by atoms with Gasteiger partial charge >= 0.3 is 0 Å². The molecule has 3 heterocycles. The summed E-state index contributed by atoms with van der Waals surface area (Å²) in [5, 5.41) is 9.90. The van der Waals surface area contributed by atoms with E-state index in [1.54, 1.807) is 6.07 Å². The van der Waals surface area contributed by atoms with Gasteiger partial charge in [0.05, 0.1) is 0 Å². The molecule has 4 rings (SSSR count). The summed E-state index contributed by atoms with van der Waals surface area (Å²) < 4.78 is 5.28. The average Bonchev–Trinajstić information content (AvgIpc) is 3.28. The van der Waals surface area contributed by atoms with Crippen molar-refractivity contribution in [2.75, 3.05) is 36.4 Å². The molecule has 0 unspecified atom stereocenters. The summed E-state index contributed by atoms with van der Waals surface area (Å²) in [6.45, 7) is 4.97. The minimum absolute atomic E-state index is 0.257. The van der Waals surface area contributed by atoms with Crippen LogP contribution in [0.3, 0.4) is 0 Å². The lowest BCUT2D eigenvalue weighted by molar-refractivity contribution is 0.0946. The highest BCUT2D eigenvalue weighted by Gasteiger charge is 2.15. The fourth-order valence-electron chi connectivity index (χ4n) is 3.48. The fraction of sp³-hybridized carbons (Fsp3) is 0.364. The maximum absolute atomic E-state index is 12.3. The minimum atomic E-state index is -0.276. The molecule has 8 heteroatoms. The van der Waals surface area contributed by atoms with Gasteiger partial charge in [-0.3, -0.25) is 4.79 Å². The van der Waals surface area contributed by atoms with E-state index in [4.69, 9.17) is 4.52 Å². The molecule has 0 radical (unpaired) electrons. The lowest BCUT2D eigenvalue weighted by atomic mass is 10.1. The van der Waals surface area contributed by atoms with Crippen LogP contribution in [-0.2, 0) is 0 Å². The van der Waals surface area contributed by atoms with Crippen molar-refractivity contribution < 1.29 is 9.32 Å². The number of aromatic nitrogens is 3. The van der Waals surface area contributed by atoms with Crippen LogP contribution in [0.1, 0.15) is 35.4 Å². The van der Waals surface area contributed by atoms with Crippen LogP contribution in [0.25, 0.3) is 11.3 Å². The molecule has 0 aliphatic carbocycles. The van der Waals surface area contributed by atoms with Crippen molar-refractivity contribution in [3.05, 3.63) is 53.9 Å². The molecule has 1 aromatic carbocycles. The molecular weight excluding hydrogens is 380 g/mol. The number of hydrogen-bond donors (Lipinski definition) is 2. The van der Waals surface area contributed by atoms with Gasteiger partial charge in [-0.15, -0.1) is 0 Å². The Labute approximate surface area is 175 Å². The Balaban J connectivity index is 1.28. The van der Waals surface area contributed by atoms with E-state index >= 15 is 0 Å². The molecule has 0 atom stereocenters. The molecule has 0 bridgehead atoms. The van der Waals surface area contributed by atoms with Gasteiger partial charge in [-0.1, -0.05) is 35.5 Å². The smallest absolute Gasteiger partial charge is 0.273 e. The van der Waals surface area contributed by atoms with E-state index in [0.29, 0.717) is 24.8 Å². The normalized spacial score (nSPS) is 13.8. The zero-order valence-corrected chi connectivity index (χ0v) is 17.1. The van der Waals surface area contributed by atoms with Gasteiger partial charge in [-0.25, -0.2) is 4.98 Å². The quantitative estimate of drug-likeness (QED) is 0.581. The first-order chi connectivity index (χ1) is 14.7. The number of carbonyl (C=O) groups excluding carboxylic acids is 1. The van der Waals surface area contributed by atoms with Crippen LogP contribution in [0, 0.1) is 6.92 Å².